The molecule has 3 saturated heterocycles. The van der Waals surface area contributed by atoms with E-state index >= 15 is 0 Å². The van der Waals surface area contributed by atoms with Gasteiger partial charge in [0.2, 0.25) is 0 Å². The lowest BCUT2D eigenvalue weighted by molar-refractivity contribution is -0.292. The highest BCUT2D eigenvalue weighted by Crippen LogP contribution is 2.50. The number of nitrogens with zero attached hydrogens (tertiary/aromatic N) is 1. The zero-order valence-corrected chi connectivity index (χ0v) is 41.4. The Morgan fingerprint density at radius 3 is 1.82 bits per heavy atom. The first-order chi connectivity index (χ1) is 35.1. The number of hydroxylamine groups is 2. The van der Waals surface area contributed by atoms with Crippen LogP contribution in [-0.2, 0) is 43.0 Å². The van der Waals surface area contributed by atoms with Crippen LogP contribution >= 0.6 is 0 Å². The molecule has 4 fully saturated rings. The predicted octanol–water partition coefficient (Wildman–Crippen LogP) is 7.01. The number of ether oxygens (including phenoxy) is 4. The minimum absolute atomic E-state index is 0.0138. The molecule has 0 radical (unpaired) electrons. The Morgan fingerprint density at radius 1 is 0.689 bits per heavy atom. The summed E-state index contributed by atoms with van der Waals surface area (Å²) in [6.45, 7) is 8.48. The van der Waals surface area contributed by atoms with Crippen molar-refractivity contribution in [3.63, 3.8) is 0 Å². The van der Waals surface area contributed by atoms with E-state index in [9.17, 15) is 33.6 Å². The molecule has 3 aliphatic heterocycles. The van der Waals surface area contributed by atoms with Gasteiger partial charge in [-0.25, -0.2) is 9.59 Å². The number of nitrogens with two attached hydrogens (primary N) is 4. The Labute approximate surface area is 428 Å². The van der Waals surface area contributed by atoms with Crippen molar-refractivity contribution in [3.8, 4) is 5.75 Å². The molecule has 2 bridgehead atoms. The molecule has 18 nitrogen and oxygen atoms in total. The molecule has 5 aromatic rings. The van der Waals surface area contributed by atoms with Crippen LogP contribution in [0.15, 0.2) is 133 Å². The van der Waals surface area contributed by atoms with Crippen LogP contribution in [0.4, 0.5) is 22.7 Å². The Kier molecular flexibility index (Phi) is 16.6. The highest BCUT2D eigenvalue weighted by molar-refractivity contribution is 6.00. The van der Waals surface area contributed by atoms with E-state index in [0.717, 1.165) is 11.1 Å². The number of anilines is 4. The number of hydrogen-bond donors (Lipinski definition) is 5. The van der Waals surface area contributed by atoms with Crippen molar-refractivity contribution in [1.82, 2.24) is 10.4 Å². The fraction of sp³-hybridized carbons (Fsp3) is 0.304. The molecule has 386 valence electrons. The molecule has 5 atom stereocenters. The molecular weight excluding hydrogens is 949 g/mol. The van der Waals surface area contributed by atoms with Gasteiger partial charge >= 0.3 is 35.8 Å². The van der Waals surface area contributed by atoms with Gasteiger partial charge in [-0.3, -0.25) is 28.8 Å². The number of hydrogen-bond acceptors (Lipinski definition) is 17. The molecule has 5 aromatic carbocycles. The van der Waals surface area contributed by atoms with Gasteiger partial charge in [-0.15, -0.1) is 0 Å². The molecule has 1 aliphatic carbocycles. The van der Waals surface area contributed by atoms with Crippen LogP contribution < -0.4 is 33.0 Å². The van der Waals surface area contributed by atoms with Gasteiger partial charge in [0.1, 0.15) is 12.4 Å². The smallest absolute Gasteiger partial charge is 0.338 e. The molecule has 1 saturated carbocycles. The monoisotopic (exact) mass is 1010 g/mol. The lowest BCUT2D eigenvalue weighted by Crippen LogP contribution is -2.64. The van der Waals surface area contributed by atoms with Crippen LogP contribution in [0.1, 0.15) is 91.3 Å². The van der Waals surface area contributed by atoms with Crippen LogP contribution in [0.2, 0.25) is 0 Å². The first kappa shape index (κ1) is 53.4. The second-order valence-electron chi connectivity index (χ2n) is 19.7. The van der Waals surface area contributed by atoms with Gasteiger partial charge in [0, 0.05) is 63.6 Å². The van der Waals surface area contributed by atoms with Gasteiger partial charge in [0.25, 0.3) is 5.91 Å². The number of benzene rings is 5. The molecule has 9 rings (SSSR count). The first-order valence-electron chi connectivity index (χ1n) is 24.0. The largest absolute Gasteiger partial charge is 0.451 e. The minimum Gasteiger partial charge on any atom is -0.451 e. The summed E-state index contributed by atoms with van der Waals surface area (Å²) in [6, 6.07) is 37.5. The summed E-state index contributed by atoms with van der Waals surface area (Å²) in [5, 5.41) is 5.13. The van der Waals surface area contributed by atoms with Crippen LogP contribution in [-0.4, -0.2) is 70.5 Å². The SMILES string of the molecule is CC1(C)CC(NC(=O)c2cc(N)cc(N)c2)CC(C)(C)N1OCC(OC(=O)c1ccccc1)c1ccccc1.Nc1cc(N)cc(OC(=O)/C=C/c2ccccc2)c1.O=C1CC2C3CC(C(=O)OC3=O)C2C(=O)O1. The quantitative estimate of drug-likeness (QED) is 0.0222. The number of rotatable bonds is 11. The fourth-order valence-electron chi connectivity index (χ4n) is 10.1. The molecule has 0 aromatic heterocycles. The normalized spacial score (nSPS) is 21.0. The average molecular weight is 1010 g/mol. The molecule has 1 amide bonds. The molecule has 5 unspecified atom stereocenters. The molecule has 4 aliphatic rings. The van der Waals surface area contributed by atoms with Crippen LogP contribution in [0.3, 0.4) is 0 Å². The molecule has 0 spiro atoms. The summed E-state index contributed by atoms with van der Waals surface area (Å²) >= 11 is 0. The molecule has 9 N–H and O–H groups in total. The second-order valence-corrected chi connectivity index (χ2v) is 19.7. The van der Waals surface area contributed by atoms with Crippen LogP contribution in [0.5, 0.6) is 5.75 Å². The zero-order chi connectivity index (χ0) is 53.3. The molecule has 74 heavy (non-hydrogen) atoms. The van der Waals surface area contributed by atoms with Gasteiger partial charge in [0.05, 0.1) is 29.7 Å². The number of cyclic esters (lactones) is 4. The number of nitrogen functional groups attached to an aromatic ring is 4. The van der Waals surface area contributed by atoms with Gasteiger partial charge in [0.15, 0.2) is 6.10 Å². The highest BCUT2D eigenvalue weighted by atomic mass is 16.7. The number of esters is 6. The minimum atomic E-state index is -0.694. The summed E-state index contributed by atoms with van der Waals surface area (Å²) < 4.78 is 20.1. The Balaban J connectivity index is 0.000000187. The van der Waals surface area contributed by atoms with Gasteiger partial charge in [-0.1, -0.05) is 78.9 Å². The average Bonchev–Trinajstić information content (AvgIpc) is 3.69. The predicted molar refractivity (Wildman–Crippen MR) is 275 cm³/mol. The maximum atomic E-state index is 13.0. The number of piperidine rings is 1. The van der Waals surface area contributed by atoms with Gasteiger partial charge < -0.3 is 47.2 Å². The van der Waals surface area contributed by atoms with Crippen LogP contribution in [0, 0.1) is 23.7 Å². The summed E-state index contributed by atoms with van der Waals surface area (Å²) in [5.41, 5.74) is 26.6. The van der Waals surface area contributed by atoms with Crippen molar-refractivity contribution < 1.29 is 57.3 Å². The van der Waals surface area contributed by atoms with E-state index in [1.54, 1.807) is 66.7 Å². The standard InChI is InChI=1S/C31H38N4O4.C15H14N2O2.C10H8O6/c1-30(2)18-26(34-28(36)23-15-24(32)17-25(33)16-23)19-31(3,4)35(30)38-20-27(21-11-7-5-8-12-21)39-29(37)22-13-9-6-10-14-22;16-12-8-13(17)10-14(9-12)19-15(18)7-6-11-4-2-1-3-5-11;11-6-2-3-4-1-5(7(3)10(14)15-6)9(13)16-8(4)12/h5-17,26-27H,18-20,32-33H2,1-4H3,(H,34,36);1-10H,16-17H2;3-5,7H,1-2H2/b;7-6+;. The summed E-state index contributed by atoms with van der Waals surface area (Å²) in [6.07, 6.45) is 4.05. The van der Waals surface area contributed by atoms with Crippen molar-refractivity contribution in [1.29, 1.82) is 0 Å². The zero-order valence-electron chi connectivity index (χ0n) is 41.4. The highest BCUT2D eigenvalue weighted by Gasteiger charge is 2.60. The second kappa shape index (κ2) is 23.0. The van der Waals surface area contributed by atoms with Crippen molar-refractivity contribution >= 4 is 70.5 Å². The Morgan fingerprint density at radius 2 is 1.23 bits per heavy atom. The topological polar surface area (TPSA) is 285 Å². The van der Waals surface area contributed by atoms with Crippen molar-refractivity contribution in [2.24, 2.45) is 23.7 Å². The molecule has 3 heterocycles. The summed E-state index contributed by atoms with van der Waals surface area (Å²) in [5.74, 6) is -5.59. The van der Waals surface area contributed by atoms with E-state index in [1.807, 2.05) is 71.8 Å². The van der Waals surface area contributed by atoms with Crippen molar-refractivity contribution in [3.05, 3.63) is 156 Å². The van der Waals surface area contributed by atoms with E-state index in [1.165, 1.54) is 6.08 Å². The number of fused-ring (bicyclic) bond motifs is 5. The maximum absolute atomic E-state index is 13.0. The molecular formula is C56H60N6O12. The number of nitrogens with one attached hydrogen (secondary N) is 1. The van der Waals surface area contributed by atoms with E-state index < -0.39 is 76.7 Å². The van der Waals surface area contributed by atoms with Crippen molar-refractivity contribution in [2.45, 2.75) is 76.6 Å². The lowest BCUT2D eigenvalue weighted by Gasteiger charge is -2.54. The van der Waals surface area contributed by atoms with E-state index in [2.05, 4.69) is 42.5 Å². The number of amides is 1. The van der Waals surface area contributed by atoms with E-state index in [4.69, 9.17) is 37.2 Å². The summed E-state index contributed by atoms with van der Waals surface area (Å²) in [4.78, 5) is 89.4. The summed E-state index contributed by atoms with van der Waals surface area (Å²) in [7, 11) is 0. The fourth-order valence-corrected chi connectivity index (χ4v) is 10.1. The molecule has 18 heteroatoms. The third kappa shape index (κ3) is 13.6. The van der Waals surface area contributed by atoms with Crippen molar-refractivity contribution in [2.75, 3.05) is 29.5 Å². The van der Waals surface area contributed by atoms with E-state index in [0.29, 0.717) is 58.9 Å². The Hall–Kier alpha value is -8.35. The maximum Gasteiger partial charge on any atom is 0.338 e. The first-order valence-corrected chi connectivity index (χ1v) is 24.0. The third-order valence-electron chi connectivity index (χ3n) is 12.9. The third-order valence-corrected chi connectivity index (χ3v) is 12.9. The number of carbonyl (C=O) groups is 7. The van der Waals surface area contributed by atoms with Gasteiger partial charge in [-0.2, -0.15) is 5.06 Å². The van der Waals surface area contributed by atoms with Crippen LogP contribution in [0.25, 0.3) is 6.08 Å². The van der Waals surface area contributed by atoms with E-state index in [-0.39, 0.29) is 25.0 Å². The lowest BCUT2D eigenvalue weighted by atomic mass is 9.79. The Bertz CT molecular complexity index is 2850. The van der Waals surface area contributed by atoms with Gasteiger partial charge in [-0.05, 0) is 106 Å². The number of carbonyl (C=O) groups excluding carboxylic acids is 7.